The number of nitrogens with zero attached hydrogens (tertiary/aromatic N) is 4. The number of aromatic hydroxyl groups is 1. The Kier molecular flexibility index (Phi) is 11.0. The van der Waals surface area contributed by atoms with Gasteiger partial charge in [-0.2, -0.15) is 13.2 Å². The number of likely N-dealkylation sites (N-methyl/N-ethyl adjacent to an activating group) is 1. The summed E-state index contributed by atoms with van der Waals surface area (Å²) in [6.45, 7) is 4.34. The molecule has 12 heteroatoms. The first-order valence-electron chi connectivity index (χ1n) is 12.5. The third kappa shape index (κ3) is 8.95. The van der Waals surface area contributed by atoms with Crippen LogP contribution >= 0.6 is 0 Å². The van der Waals surface area contributed by atoms with Crippen molar-refractivity contribution in [3.8, 4) is 5.75 Å². The van der Waals surface area contributed by atoms with Crippen molar-refractivity contribution in [3.05, 3.63) is 103 Å². The Balaban J connectivity index is 0.000000278. The van der Waals surface area contributed by atoms with Gasteiger partial charge in [0.1, 0.15) is 5.75 Å². The molecule has 0 saturated carbocycles. The Bertz CT molecular complexity index is 1500. The Morgan fingerprint density at radius 3 is 2.85 bits per heavy atom. The number of hydrogen-bond acceptors (Lipinski definition) is 7. The van der Waals surface area contributed by atoms with Crippen LogP contribution in [0.1, 0.15) is 24.1 Å². The zero-order chi connectivity index (χ0) is 29.7. The quantitative estimate of drug-likeness (QED) is 0.108. The minimum absolute atomic E-state index is 0.190. The van der Waals surface area contributed by atoms with E-state index in [1.165, 1.54) is 0 Å². The van der Waals surface area contributed by atoms with Crippen molar-refractivity contribution < 1.29 is 23.1 Å². The van der Waals surface area contributed by atoms with E-state index in [0.717, 1.165) is 59.9 Å². The lowest BCUT2D eigenvalue weighted by molar-refractivity contribution is -0.137. The number of carbonyl (C=O) groups excluding carboxylic acids is 1. The van der Waals surface area contributed by atoms with Crippen LogP contribution < -0.4 is 16.0 Å². The highest BCUT2D eigenvalue weighted by atomic mass is 19.4. The van der Waals surface area contributed by atoms with E-state index in [9.17, 15) is 18.0 Å². The van der Waals surface area contributed by atoms with Crippen LogP contribution in [-0.2, 0) is 11.0 Å². The Morgan fingerprint density at radius 1 is 1.29 bits per heavy atom. The number of hydrogen-bond donors (Lipinski definition) is 4. The van der Waals surface area contributed by atoms with Gasteiger partial charge in [-0.15, -0.1) is 0 Å². The van der Waals surface area contributed by atoms with E-state index in [1.54, 1.807) is 24.7 Å². The molecule has 1 aliphatic carbocycles. The Labute approximate surface area is 235 Å². The molecule has 2 heterocycles. The SMILES string of the molecule is C=CC=N/C=C\CCNc1nc(C2=CCC=CC(NC)=C2)cn2ccnc12.O=CNc1cc(C(F)(F)F)ccc1O. The summed E-state index contributed by atoms with van der Waals surface area (Å²) in [5.41, 5.74) is 2.67. The van der Waals surface area contributed by atoms with E-state index in [2.05, 4.69) is 51.5 Å². The van der Waals surface area contributed by atoms with E-state index in [1.807, 2.05) is 35.2 Å². The van der Waals surface area contributed by atoms with Gasteiger partial charge in [-0.25, -0.2) is 9.97 Å². The van der Waals surface area contributed by atoms with Crippen molar-refractivity contribution in [2.45, 2.75) is 19.0 Å². The first-order valence-corrected chi connectivity index (χ1v) is 12.5. The largest absolute Gasteiger partial charge is 0.506 e. The second kappa shape index (κ2) is 14.9. The van der Waals surface area contributed by atoms with Crippen molar-refractivity contribution >= 4 is 35.4 Å². The average Bonchev–Trinajstić information content (AvgIpc) is 3.30. The van der Waals surface area contributed by atoms with Gasteiger partial charge in [0.25, 0.3) is 0 Å². The zero-order valence-electron chi connectivity index (χ0n) is 22.3. The van der Waals surface area contributed by atoms with Crippen molar-refractivity contribution in [3.63, 3.8) is 0 Å². The minimum atomic E-state index is -4.49. The summed E-state index contributed by atoms with van der Waals surface area (Å²) < 4.78 is 38.4. The number of aliphatic imine (C=N–C) groups is 1. The monoisotopic (exact) mass is 565 g/mol. The summed E-state index contributed by atoms with van der Waals surface area (Å²) in [5.74, 6) is 0.364. The molecular formula is C29H30F3N7O2. The van der Waals surface area contributed by atoms with Gasteiger partial charge in [0.2, 0.25) is 6.41 Å². The minimum Gasteiger partial charge on any atom is -0.506 e. The maximum Gasteiger partial charge on any atom is 0.416 e. The molecule has 9 nitrogen and oxygen atoms in total. The van der Waals surface area contributed by atoms with Gasteiger partial charge in [-0.05, 0) is 43.2 Å². The number of phenols is 1. The zero-order valence-corrected chi connectivity index (χ0v) is 22.3. The summed E-state index contributed by atoms with van der Waals surface area (Å²) in [5, 5.41) is 17.6. The molecule has 0 atom stereocenters. The van der Waals surface area contributed by atoms with Crippen LogP contribution in [-0.4, -0.2) is 45.7 Å². The van der Waals surface area contributed by atoms with Crippen LogP contribution in [0.3, 0.4) is 0 Å². The van der Waals surface area contributed by atoms with Gasteiger partial charge in [0.15, 0.2) is 11.5 Å². The molecule has 0 spiro atoms. The first-order chi connectivity index (χ1) is 19.8. The number of phenolic OH excluding ortho intramolecular Hbond substituents is 1. The molecule has 0 fully saturated rings. The Hall–Kier alpha value is -5.13. The summed E-state index contributed by atoms with van der Waals surface area (Å²) in [6, 6.07) is 2.25. The third-order valence-electron chi connectivity index (χ3n) is 5.57. The normalized spacial score (nSPS) is 13.3. The second-order valence-corrected chi connectivity index (χ2v) is 8.41. The van der Waals surface area contributed by atoms with Gasteiger partial charge >= 0.3 is 6.18 Å². The number of rotatable bonds is 10. The lowest BCUT2D eigenvalue weighted by atomic mass is 10.1. The number of fused-ring (bicyclic) bond motifs is 1. The smallest absolute Gasteiger partial charge is 0.416 e. The van der Waals surface area contributed by atoms with Gasteiger partial charge in [0, 0.05) is 55.9 Å². The van der Waals surface area contributed by atoms with E-state index in [0.29, 0.717) is 6.07 Å². The van der Waals surface area contributed by atoms with E-state index in [-0.39, 0.29) is 12.1 Å². The Morgan fingerprint density at radius 2 is 2.12 bits per heavy atom. The lowest BCUT2D eigenvalue weighted by Gasteiger charge is -2.10. The van der Waals surface area contributed by atoms with Crippen LogP contribution in [0.5, 0.6) is 5.75 Å². The highest BCUT2D eigenvalue weighted by Gasteiger charge is 2.31. The number of halogens is 3. The van der Waals surface area contributed by atoms with Crippen LogP contribution in [0.4, 0.5) is 24.7 Å². The molecule has 0 unspecified atom stereocenters. The highest BCUT2D eigenvalue weighted by molar-refractivity contribution is 5.77. The fourth-order valence-electron chi connectivity index (χ4n) is 3.60. The fourth-order valence-corrected chi connectivity index (χ4v) is 3.60. The number of amides is 1. The van der Waals surface area contributed by atoms with Crippen molar-refractivity contribution in [1.82, 2.24) is 19.7 Å². The molecule has 4 rings (SSSR count). The number of benzene rings is 1. The van der Waals surface area contributed by atoms with E-state index >= 15 is 0 Å². The molecule has 0 saturated heterocycles. The van der Waals surface area contributed by atoms with Crippen LogP contribution in [0.2, 0.25) is 0 Å². The van der Waals surface area contributed by atoms with Gasteiger partial charge in [0.05, 0.1) is 16.9 Å². The van der Waals surface area contributed by atoms with Crippen molar-refractivity contribution in [1.29, 1.82) is 0 Å². The average molecular weight is 566 g/mol. The molecule has 0 radical (unpaired) electrons. The van der Waals surface area contributed by atoms with E-state index in [4.69, 9.17) is 10.1 Å². The first kappa shape index (κ1) is 30.4. The molecule has 1 aromatic carbocycles. The standard InChI is InChI=1S/C21H24N6.C8H6F3NO2/c1-3-10-23-11-6-7-12-24-20-21-25-13-14-27(21)16-19(26-20)17-8-4-5-9-18(15-17)22-2;9-8(10,11)5-1-2-7(14)6(3-5)12-4-13/h3,5-6,8-11,13-16,22H,1,4,7,12H2,2H3,(H,24,26);1-4,14H,(H,12,13)/b11-6-,23-10?;. The molecule has 3 aromatic rings. The molecule has 41 heavy (non-hydrogen) atoms. The molecule has 0 bridgehead atoms. The molecule has 4 N–H and O–H groups in total. The highest BCUT2D eigenvalue weighted by Crippen LogP contribution is 2.34. The summed E-state index contributed by atoms with van der Waals surface area (Å²) in [6.07, 6.45) is 18.7. The predicted molar refractivity (Wildman–Crippen MR) is 156 cm³/mol. The summed E-state index contributed by atoms with van der Waals surface area (Å²) in [4.78, 5) is 23.3. The van der Waals surface area contributed by atoms with Crippen molar-refractivity contribution in [2.75, 3.05) is 24.2 Å². The molecule has 214 valence electrons. The molecule has 0 aliphatic heterocycles. The molecular weight excluding hydrogens is 535 g/mol. The number of anilines is 2. The van der Waals surface area contributed by atoms with Crippen LogP contribution in [0.15, 0.2) is 96.7 Å². The summed E-state index contributed by atoms with van der Waals surface area (Å²) in [7, 11) is 1.92. The van der Waals surface area contributed by atoms with Crippen molar-refractivity contribution in [2.24, 2.45) is 4.99 Å². The number of allylic oxidation sites excluding steroid dienone is 6. The van der Waals surface area contributed by atoms with Crippen LogP contribution in [0, 0.1) is 0 Å². The third-order valence-corrected chi connectivity index (χ3v) is 5.57. The fraction of sp³-hybridized carbons (Fsp3) is 0.172. The summed E-state index contributed by atoms with van der Waals surface area (Å²) >= 11 is 0. The predicted octanol–water partition coefficient (Wildman–Crippen LogP) is 5.73. The molecule has 1 aliphatic rings. The molecule has 2 aromatic heterocycles. The number of alkyl halides is 3. The topological polar surface area (TPSA) is 116 Å². The number of imidazole rings is 1. The maximum absolute atomic E-state index is 12.1. The second-order valence-electron chi connectivity index (χ2n) is 8.41. The number of carbonyl (C=O) groups is 1. The lowest BCUT2D eigenvalue weighted by Crippen LogP contribution is -2.07. The number of aromatic nitrogens is 3. The van der Waals surface area contributed by atoms with E-state index < -0.39 is 17.5 Å². The number of nitrogens with one attached hydrogen (secondary N) is 3. The molecule has 1 amide bonds. The van der Waals surface area contributed by atoms with Gasteiger partial charge < -0.3 is 25.5 Å². The van der Waals surface area contributed by atoms with Gasteiger partial charge in [-0.1, -0.05) is 30.9 Å². The maximum atomic E-state index is 12.1. The van der Waals surface area contributed by atoms with Crippen LogP contribution in [0.25, 0.3) is 11.2 Å². The van der Waals surface area contributed by atoms with Gasteiger partial charge in [-0.3, -0.25) is 9.79 Å².